The summed E-state index contributed by atoms with van der Waals surface area (Å²) in [4.78, 5) is 0. The van der Waals surface area contributed by atoms with Gasteiger partial charge in [-0.3, -0.25) is 0 Å². The number of fused-ring (bicyclic) bond motifs is 3. The number of ether oxygens (including phenoxy) is 1. The van der Waals surface area contributed by atoms with E-state index in [1.807, 2.05) is 0 Å². The summed E-state index contributed by atoms with van der Waals surface area (Å²) in [6.07, 6.45) is 3.61. The molecule has 0 atom stereocenters. The van der Waals surface area contributed by atoms with E-state index in [2.05, 4.69) is 200 Å². The predicted octanol–water partition coefficient (Wildman–Crippen LogP) is 10.5. The van der Waals surface area contributed by atoms with Crippen molar-refractivity contribution in [3.05, 3.63) is 147 Å². The summed E-state index contributed by atoms with van der Waals surface area (Å²) in [6.45, 7) is 33.9. The van der Waals surface area contributed by atoms with Crippen molar-refractivity contribution in [1.29, 1.82) is 0 Å². The molecule has 63 heavy (non-hydrogen) atoms. The Kier molecular flexibility index (Phi) is 17.1. The van der Waals surface area contributed by atoms with Crippen molar-refractivity contribution in [3.8, 4) is 39.1 Å². The third kappa shape index (κ3) is 11.8. The van der Waals surface area contributed by atoms with Crippen LogP contribution in [0.2, 0.25) is 13.1 Å². The second-order valence-corrected chi connectivity index (χ2v) is 33.8. The fourth-order valence-electron chi connectivity index (χ4n) is 9.28. The van der Waals surface area contributed by atoms with Crippen molar-refractivity contribution in [2.75, 3.05) is 7.11 Å². The van der Waals surface area contributed by atoms with Gasteiger partial charge < -0.3 is 29.6 Å². The van der Waals surface area contributed by atoms with E-state index in [1.54, 1.807) is 18.2 Å². The normalized spacial score (nSPS) is 12.4. The molecule has 0 bridgehead atoms. The summed E-state index contributed by atoms with van der Waals surface area (Å²) in [5.74, 6) is 1.01. The summed E-state index contributed by atoms with van der Waals surface area (Å²) in [6, 6.07) is 37.2. The van der Waals surface area contributed by atoms with Gasteiger partial charge in [-0.15, -0.1) is 50.9 Å². The van der Waals surface area contributed by atoms with Crippen LogP contribution < -0.4 is 29.6 Å². The molecular formula is C58H70Cl2HfOSi-2. The van der Waals surface area contributed by atoms with Crippen LogP contribution in [0.15, 0.2) is 97.1 Å². The molecule has 8 rings (SSSR count). The van der Waals surface area contributed by atoms with E-state index in [0.717, 1.165) is 5.75 Å². The van der Waals surface area contributed by atoms with Crippen molar-refractivity contribution in [1.82, 2.24) is 0 Å². The number of rotatable bonds is 4. The van der Waals surface area contributed by atoms with E-state index in [-0.39, 0.29) is 46.6 Å². The Balaban J connectivity index is 0.000000258. The Hall–Kier alpha value is -3.21. The second-order valence-electron chi connectivity index (χ2n) is 21.1. The molecule has 0 radical (unpaired) electrons. The van der Waals surface area contributed by atoms with Crippen LogP contribution in [0.25, 0.3) is 54.9 Å². The van der Waals surface area contributed by atoms with E-state index >= 15 is 0 Å². The van der Waals surface area contributed by atoms with E-state index in [9.17, 15) is 0 Å². The van der Waals surface area contributed by atoms with Gasteiger partial charge in [-0.1, -0.05) is 182 Å². The number of hydrogen-bond acceptors (Lipinski definition) is 1. The minimum atomic E-state index is 0. The molecule has 1 aliphatic rings. The molecule has 7 aromatic carbocycles. The molecule has 0 N–H and O–H groups in total. The first-order chi connectivity index (χ1) is 28.5. The fraction of sp³-hybridized carbons (Fsp3) is 0.379. The Bertz CT molecular complexity index is 2580. The molecule has 1 nitrogen and oxygen atoms in total. The maximum atomic E-state index is 5.95. The number of halogens is 2. The zero-order valence-corrected chi connectivity index (χ0v) is 47.1. The first-order valence-corrected chi connectivity index (χ1v) is 30.2. The molecule has 0 unspecified atom stereocenters. The third-order valence-corrected chi connectivity index (χ3v) is 12.1. The molecule has 7 aromatic rings. The molecule has 5 heteroatoms. The van der Waals surface area contributed by atoms with Gasteiger partial charge in [0.2, 0.25) is 0 Å². The Labute approximate surface area is 408 Å². The first kappa shape index (κ1) is 52.4. The molecule has 0 aromatic heterocycles. The molecule has 0 aliphatic heterocycles. The maximum Gasteiger partial charge on any atom is -0.0132 e. The Morgan fingerprint density at radius 2 is 0.984 bits per heavy atom. The van der Waals surface area contributed by atoms with Crippen LogP contribution in [0, 0.1) is 27.7 Å². The average Bonchev–Trinajstić information content (AvgIpc) is 3.89. The SMILES string of the molecule is COc1c(C(C)(C)C)cc2[cH-]c(C)cc2c1-c1cc(C)cc(C)c1.C[Si](C)=[Hf+2].Cc1cc2c(-c3ccc(C(C)(C)C)cc3)c3c(c(-c4ccc(C(C)(C)C)cc4)c2[cH-]1)CCC3.[Cl-].[Cl-]. The average molecular weight is 1060 g/mol. The molecule has 0 spiro atoms. The minimum absolute atomic E-state index is 0. The van der Waals surface area contributed by atoms with Gasteiger partial charge in [0.1, 0.15) is 5.75 Å². The largest absolute Gasteiger partial charge is 1.00 e. The van der Waals surface area contributed by atoms with Gasteiger partial charge in [-0.25, -0.2) is 0 Å². The van der Waals surface area contributed by atoms with Crippen LogP contribution in [-0.2, 0) is 52.1 Å². The molecule has 0 saturated heterocycles. The van der Waals surface area contributed by atoms with Gasteiger partial charge in [0.25, 0.3) is 0 Å². The van der Waals surface area contributed by atoms with Crippen LogP contribution in [0.1, 0.15) is 119 Å². The van der Waals surface area contributed by atoms with E-state index < -0.39 is 0 Å². The Morgan fingerprint density at radius 1 is 0.540 bits per heavy atom. The zero-order chi connectivity index (χ0) is 44.8. The van der Waals surface area contributed by atoms with Gasteiger partial charge in [0, 0.05) is 0 Å². The van der Waals surface area contributed by atoms with Crippen LogP contribution in [-0.4, -0.2) is 12.6 Å². The topological polar surface area (TPSA) is 9.23 Å². The smallest absolute Gasteiger partial charge is 0.0132 e. The molecule has 0 heterocycles. The van der Waals surface area contributed by atoms with Crippen molar-refractivity contribution >= 4 is 27.0 Å². The van der Waals surface area contributed by atoms with E-state index in [0.29, 0.717) is 0 Å². The van der Waals surface area contributed by atoms with Crippen molar-refractivity contribution in [2.45, 2.75) is 139 Å². The molecule has 1 aliphatic carbocycles. The third-order valence-electron chi connectivity index (χ3n) is 12.1. The number of benzene rings is 5. The van der Waals surface area contributed by atoms with E-state index in [4.69, 9.17) is 4.74 Å². The standard InChI is InChI=1S/C33H37.C23H27O.C2H6Si.2ClH.Hf/c1-21-19-28-29(20-21)31(23-13-17-25(18-14-23)33(5,6)7)27-10-8-9-26(27)30(28)22-11-15-24(16-12-22)32(2,3)4;1-14-8-15(2)11-18(10-14)21-19-12-16(3)9-17(19)13-20(22(21)24-7)23(4,5)6;1-3-2;;;/h11-20H,8-10H2,1-7H3;8-13H,1-7H3;1-2H3;2*1H;/q2*-1;;;;+2/p-2. The fourth-order valence-corrected chi connectivity index (χ4v) is 9.28. The van der Waals surface area contributed by atoms with Crippen LogP contribution in [0.5, 0.6) is 5.75 Å². The number of aryl methyl sites for hydroxylation is 4. The quantitative estimate of drug-likeness (QED) is 0.126. The van der Waals surface area contributed by atoms with Crippen molar-refractivity contribution in [2.24, 2.45) is 0 Å². The van der Waals surface area contributed by atoms with E-state index in [1.165, 1.54) is 136 Å². The molecular weight excluding hydrogens is 990 g/mol. The first-order valence-electron chi connectivity index (χ1n) is 22.3. The molecule has 0 amide bonds. The van der Waals surface area contributed by atoms with Gasteiger partial charge in [0.15, 0.2) is 0 Å². The second kappa shape index (κ2) is 20.5. The zero-order valence-electron chi connectivity index (χ0n) is 41.0. The Morgan fingerprint density at radius 3 is 1.44 bits per heavy atom. The number of hydrogen-bond donors (Lipinski definition) is 0. The molecule has 0 fully saturated rings. The summed E-state index contributed by atoms with van der Waals surface area (Å²) in [5, 5.41) is 5.42. The van der Waals surface area contributed by atoms with Crippen molar-refractivity contribution in [3.63, 3.8) is 0 Å². The number of methoxy groups -OCH3 is 1. The van der Waals surface area contributed by atoms with Gasteiger partial charge in [-0.05, 0) is 82.7 Å². The monoisotopic (exact) mass is 1060 g/mol. The minimum Gasteiger partial charge on any atom is -1.00 e. The molecule has 0 saturated carbocycles. The summed E-state index contributed by atoms with van der Waals surface area (Å²) < 4.78 is 5.95. The summed E-state index contributed by atoms with van der Waals surface area (Å²) in [5.41, 5.74) is 21.2. The van der Waals surface area contributed by atoms with Crippen LogP contribution >= 0.6 is 0 Å². The predicted molar refractivity (Wildman–Crippen MR) is 266 cm³/mol. The van der Waals surface area contributed by atoms with Gasteiger partial charge in [-0.2, -0.15) is 12.1 Å². The van der Waals surface area contributed by atoms with Crippen LogP contribution in [0.3, 0.4) is 0 Å². The summed E-state index contributed by atoms with van der Waals surface area (Å²) in [7, 11) is 1.79. The molecule has 332 valence electrons. The van der Waals surface area contributed by atoms with Gasteiger partial charge in [0.05, 0.1) is 7.11 Å². The maximum absolute atomic E-state index is 5.95. The van der Waals surface area contributed by atoms with Crippen LogP contribution in [0.4, 0.5) is 0 Å². The van der Waals surface area contributed by atoms with Crippen molar-refractivity contribution < 1.29 is 52.6 Å². The van der Waals surface area contributed by atoms with Gasteiger partial charge >= 0.3 is 41.6 Å². The summed E-state index contributed by atoms with van der Waals surface area (Å²) >= 11 is 1.45.